The molecule has 1 fully saturated rings. The third-order valence-corrected chi connectivity index (χ3v) is 4.19. The number of rotatable bonds is 7. The lowest BCUT2D eigenvalue weighted by molar-refractivity contribution is 0.189. The summed E-state index contributed by atoms with van der Waals surface area (Å²) < 4.78 is 0. The van der Waals surface area contributed by atoms with E-state index < -0.39 is 0 Å². The van der Waals surface area contributed by atoms with Crippen molar-refractivity contribution >= 4 is 0 Å². The molecule has 2 heteroatoms. The van der Waals surface area contributed by atoms with Crippen molar-refractivity contribution in [3.63, 3.8) is 0 Å². The van der Waals surface area contributed by atoms with Crippen molar-refractivity contribution in [1.29, 1.82) is 0 Å². The Balaban J connectivity index is 2.25. The Morgan fingerprint density at radius 2 is 2.06 bits per heavy atom. The highest BCUT2D eigenvalue weighted by Gasteiger charge is 2.27. The molecule has 1 aliphatic rings. The van der Waals surface area contributed by atoms with Crippen LogP contribution in [0.25, 0.3) is 0 Å². The highest BCUT2D eigenvalue weighted by molar-refractivity contribution is 4.82. The average Bonchev–Trinajstić information content (AvgIpc) is 2.76. The zero-order chi connectivity index (χ0) is 12.0. The maximum absolute atomic E-state index is 3.54. The number of nitrogens with zero attached hydrogens (tertiary/aromatic N) is 1. The van der Waals surface area contributed by atoms with Gasteiger partial charge in [0.1, 0.15) is 0 Å². The molecule has 0 aromatic carbocycles. The largest absolute Gasteiger partial charge is 0.316 e. The second-order valence-corrected chi connectivity index (χ2v) is 5.48. The van der Waals surface area contributed by atoms with Crippen LogP contribution in [0.3, 0.4) is 0 Å². The van der Waals surface area contributed by atoms with Crippen molar-refractivity contribution in [2.45, 2.75) is 53.0 Å². The second kappa shape index (κ2) is 7.29. The molecule has 16 heavy (non-hydrogen) atoms. The molecular weight excluding hydrogens is 196 g/mol. The number of nitrogens with one attached hydrogen (secondary N) is 1. The van der Waals surface area contributed by atoms with Crippen LogP contribution in [-0.2, 0) is 0 Å². The molecule has 1 heterocycles. The molecule has 1 N–H and O–H groups in total. The van der Waals surface area contributed by atoms with Crippen LogP contribution in [0.4, 0.5) is 0 Å². The molecule has 1 saturated heterocycles. The SMILES string of the molecule is CCCNCC(C)C(C)N1CCC(CC)C1. The maximum atomic E-state index is 3.54. The summed E-state index contributed by atoms with van der Waals surface area (Å²) in [5.41, 5.74) is 0. The molecule has 0 spiro atoms. The number of likely N-dealkylation sites (tertiary alicyclic amines) is 1. The fourth-order valence-corrected chi connectivity index (χ4v) is 2.60. The van der Waals surface area contributed by atoms with E-state index in [9.17, 15) is 0 Å². The van der Waals surface area contributed by atoms with Gasteiger partial charge < -0.3 is 10.2 Å². The van der Waals surface area contributed by atoms with Crippen molar-refractivity contribution in [3.8, 4) is 0 Å². The van der Waals surface area contributed by atoms with Gasteiger partial charge >= 0.3 is 0 Å². The van der Waals surface area contributed by atoms with E-state index in [0.717, 1.165) is 24.4 Å². The summed E-state index contributed by atoms with van der Waals surface area (Å²) in [6.45, 7) is 14.3. The first-order chi connectivity index (χ1) is 7.69. The smallest absolute Gasteiger partial charge is 0.0105 e. The van der Waals surface area contributed by atoms with Gasteiger partial charge in [-0.05, 0) is 51.2 Å². The van der Waals surface area contributed by atoms with Gasteiger partial charge in [0.05, 0.1) is 0 Å². The van der Waals surface area contributed by atoms with Crippen LogP contribution in [0.2, 0.25) is 0 Å². The second-order valence-electron chi connectivity index (χ2n) is 5.48. The van der Waals surface area contributed by atoms with E-state index in [-0.39, 0.29) is 0 Å². The van der Waals surface area contributed by atoms with Crippen LogP contribution >= 0.6 is 0 Å². The van der Waals surface area contributed by atoms with Crippen molar-refractivity contribution in [1.82, 2.24) is 10.2 Å². The highest BCUT2D eigenvalue weighted by atomic mass is 15.2. The van der Waals surface area contributed by atoms with E-state index in [0.29, 0.717) is 0 Å². The molecular formula is C14H30N2. The highest BCUT2D eigenvalue weighted by Crippen LogP contribution is 2.23. The lowest BCUT2D eigenvalue weighted by Crippen LogP contribution is -2.40. The van der Waals surface area contributed by atoms with E-state index in [2.05, 4.69) is 37.9 Å². The molecule has 0 aliphatic carbocycles. The fourth-order valence-electron chi connectivity index (χ4n) is 2.60. The molecule has 0 aromatic heterocycles. The van der Waals surface area contributed by atoms with Gasteiger partial charge in [-0.1, -0.05) is 27.2 Å². The summed E-state index contributed by atoms with van der Waals surface area (Å²) >= 11 is 0. The van der Waals surface area contributed by atoms with Crippen LogP contribution in [0.15, 0.2) is 0 Å². The fraction of sp³-hybridized carbons (Fsp3) is 1.00. The Kier molecular flexibility index (Phi) is 6.37. The first-order valence-corrected chi connectivity index (χ1v) is 7.13. The van der Waals surface area contributed by atoms with Gasteiger partial charge in [-0.3, -0.25) is 0 Å². The molecule has 3 atom stereocenters. The van der Waals surface area contributed by atoms with Crippen molar-refractivity contribution < 1.29 is 0 Å². The summed E-state index contributed by atoms with van der Waals surface area (Å²) in [5.74, 6) is 1.72. The maximum Gasteiger partial charge on any atom is 0.0105 e. The van der Waals surface area contributed by atoms with Gasteiger partial charge in [-0.2, -0.15) is 0 Å². The Morgan fingerprint density at radius 1 is 1.31 bits per heavy atom. The summed E-state index contributed by atoms with van der Waals surface area (Å²) in [6, 6.07) is 0.737. The van der Waals surface area contributed by atoms with Gasteiger partial charge in [0, 0.05) is 12.6 Å². The van der Waals surface area contributed by atoms with Crippen molar-refractivity contribution in [3.05, 3.63) is 0 Å². The topological polar surface area (TPSA) is 15.3 Å². The normalized spacial score (nSPS) is 25.9. The van der Waals surface area contributed by atoms with Gasteiger partial charge in [0.25, 0.3) is 0 Å². The monoisotopic (exact) mass is 226 g/mol. The zero-order valence-corrected chi connectivity index (χ0v) is 11.6. The summed E-state index contributed by atoms with van der Waals surface area (Å²) in [6.07, 6.45) is 4.00. The van der Waals surface area contributed by atoms with E-state index >= 15 is 0 Å². The lowest BCUT2D eigenvalue weighted by Gasteiger charge is -2.30. The standard InChI is InChI=1S/C14H30N2/c1-5-8-15-10-12(3)13(4)16-9-7-14(6-2)11-16/h12-15H,5-11H2,1-4H3. The molecule has 0 amide bonds. The van der Waals surface area contributed by atoms with Crippen LogP contribution in [-0.4, -0.2) is 37.1 Å². The van der Waals surface area contributed by atoms with E-state index in [4.69, 9.17) is 0 Å². The number of hydrogen-bond donors (Lipinski definition) is 1. The Bertz CT molecular complexity index is 182. The summed E-state index contributed by atoms with van der Waals surface area (Å²) in [4.78, 5) is 2.69. The van der Waals surface area contributed by atoms with Crippen LogP contribution in [0.5, 0.6) is 0 Å². The van der Waals surface area contributed by atoms with Gasteiger partial charge in [-0.15, -0.1) is 0 Å². The Labute approximate surface area is 102 Å². The quantitative estimate of drug-likeness (QED) is 0.672. The van der Waals surface area contributed by atoms with Gasteiger partial charge in [-0.25, -0.2) is 0 Å². The molecule has 0 aromatic rings. The first kappa shape index (κ1) is 14.0. The van der Waals surface area contributed by atoms with Crippen LogP contribution in [0.1, 0.15) is 47.0 Å². The molecule has 0 saturated carbocycles. The number of hydrogen-bond acceptors (Lipinski definition) is 2. The zero-order valence-electron chi connectivity index (χ0n) is 11.6. The minimum atomic E-state index is 0.737. The summed E-state index contributed by atoms with van der Waals surface area (Å²) in [5, 5.41) is 3.54. The lowest BCUT2D eigenvalue weighted by atomic mass is 10.0. The third-order valence-electron chi connectivity index (χ3n) is 4.19. The van der Waals surface area contributed by atoms with Crippen LogP contribution in [0, 0.1) is 11.8 Å². The average molecular weight is 226 g/mol. The predicted molar refractivity (Wildman–Crippen MR) is 71.8 cm³/mol. The van der Waals surface area contributed by atoms with Crippen molar-refractivity contribution in [2.75, 3.05) is 26.2 Å². The van der Waals surface area contributed by atoms with E-state index in [1.165, 1.54) is 38.9 Å². The molecule has 2 nitrogen and oxygen atoms in total. The van der Waals surface area contributed by atoms with Crippen molar-refractivity contribution in [2.24, 2.45) is 11.8 Å². The van der Waals surface area contributed by atoms with Crippen LogP contribution < -0.4 is 5.32 Å². The van der Waals surface area contributed by atoms with Gasteiger partial charge in [0.15, 0.2) is 0 Å². The molecule has 1 aliphatic heterocycles. The summed E-state index contributed by atoms with van der Waals surface area (Å²) in [7, 11) is 0. The Hall–Kier alpha value is -0.0800. The molecule has 0 radical (unpaired) electrons. The predicted octanol–water partition coefficient (Wildman–Crippen LogP) is 2.74. The molecule has 96 valence electrons. The van der Waals surface area contributed by atoms with E-state index in [1.807, 2.05) is 0 Å². The molecule has 0 bridgehead atoms. The minimum Gasteiger partial charge on any atom is -0.316 e. The third kappa shape index (κ3) is 4.06. The molecule has 1 rings (SSSR count). The molecule has 3 unspecified atom stereocenters. The first-order valence-electron chi connectivity index (χ1n) is 7.13. The van der Waals surface area contributed by atoms with Gasteiger partial charge in [0.2, 0.25) is 0 Å². The minimum absolute atomic E-state index is 0.737. The van der Waals surface area contributed by atoms with E-state index in [1.54, 1.807) is 0 Å². The Morgan fingerprint density at radius 3 is 2.62 bits per heavy atom.